The lowest BCUT2D eigenvalue weighted by Gasteiger charge is -2.19. The number of nitrogens with one attached hydrogen (secondary N) is 3. The fourth-order valence-corrected chi connectivity index (χ4v) is 5.26. The number of H-pyrrole nitrogens is 2. The number of hydrogen-bond donors (Lipinski definition) is 3. The van der Waals surface area contributed by atoms with Crippen LogP contribution < -0.4 is 10.4 Å². The van der Waals surface area contributed by atoms with E-state index < -0.39 is 15.7 Å². The highest BCUT2D eigenvalue weighted by molar-refractivity contribution is 7.92. The summed E-state index contributed by atoms with van der Waals surface area (Å²) in [6.45, 7) is 2.42. The first kappa shape index (κ1) is 20.9. The summed E-state index contributed by atoms with van der Waals surface area (Å²) in [6, 6.07) is 12.7. The van der Waals surface area contributed by atoms with Gasteiger partial charge in [0.2, 0.25) is 0 Å². The Labute approximate surface area is 182 Å². The van der Waals surface area contributed by atoms with Gasteiger partial charge in [-0.25, -0.2) is 13.2 Å². The van der Waals surface area contributed by atoms with Crippen molar-refractivity contribution in [1.29, 1.82) is 0 Å². The molecule has 31 heavy (non-hydrogen) atoms. The Balaban J connectivity index is 1.62. The summed E-state index contributed by atoms with van der Waals surface area (Å²) in [5.74, 6) is -0.295. The molecule has 0 unspecified atom stereocenters. The number of para-hydroxylation sites is 1. The summed E-state index contributed by atoms with van der Waals surface area (Å²) < 4.78 is 28.4. The van der Waals surface area contributed by atoms with E-state index in [9.17, 15) is 18.0 Å². The second-order valence-electron chi connectivity index (χ2n) is 7.13. The third-order valence-corrected chi connectivity index (χ3v) is 7.27. The van der Waals surface area contributed by atoms with Gasteiger partial charge < -0.3 is 14.9 Å². The number of rotatable bonds is 6. The lowest BCUT2D eigenvalue weighted by Crippen LogP contribution is -2.27. The average molecular weight is 457 g/mol. The number of carbonyl (C=O) groups is 1. The van der Waals surface area contributed by atoms with Gasteiger partial charge in [-0.2, -0.15) is 0 Å². The Morgan fingerprint density at radius 2 is 1.84 bits per heavy atom. The molecule has 0 saturated carbocycles. The molecule has 2 aromatic carbocycles. The standard InChI is InChI=1S/C21H20N4O4S2/c1-13-9-10-30-19(13)12-25(2)20(26)15-5-3-4-6-16(15)24-31(28,29)14-7-8-17-18(11-14)23-21(27)22-17/h3-11,24H,12H2,1-2H3,(H2,22,23,27). The Morgan fingerprint density at radius 3 is 2.58 bits per heavy atom. The van der Waals surface area contributed by atoms with Crippen LogP contribution >= 0.6 is 11.3 Å². The average Bonchev–Trinajstić information content (AvgIpc) is 3.31. The molecule has 2 heterocycles. The van der Waals surface area contributed by atoms with E-state index >= 15 is 0 Å². The SMILES string of the molecule is Cc1ccsc1CN(C)C(=O)c1ccccc1NS(=O)(=O)c1ccc2[nH]c(=O)[nH]c2c1. The van der Waals surface area contributed by atoms with Gasteiger partial charge >= 0.3 is 5.69 Å². The molecule has 8 nitrogen and oxygen atoms in total. The van der Waals surface area contributed by atoms with Gasteiger partial charge in [-0.05, 0) is 54.3 Å². The monoisotopic (exact) mass is 456 g/mol. The predicted molar refractivity (Wildman–Crippen MR) is 121 cm³/mol. The largest absolute Gasteiger partial charge is 0.336 e. The lowest BCUT2D eigenvalue weighted by molar-refractivity contribution is 0.0787. The van der Waals surface area contributed by atoms with Crippen LogP contribution in [0.15, 0.2) is 63.6 Å². The molecule has 0 spiro atoms. The lowest BCUT2D eigenvalue weighted by atomic mass is 10.1. The van der Waals surface area contributed by atoms with E-state index in [0.29, 0.717) is 17.6 Å². The second-order valence-corrected chi connectivity index (χ2v) is 9.81. The number of aromatic nitrogens is 2. The Kier molecular flexibility index (Phi) is 5.42. The maximum absolute atomic E-state index is 13.1. The minimum atomic E-state index is -3.99. The molecule has 0 fully saturated rings. The molecule has 0 aliphatic rings. The van der Waals surface area contributed by atoms with Crippen molar-refractivity contribution in [3.8, 4) is 0 Å². The molecule has 10 heteroatoms. The summed E-state index contributed by atoms with van der Waals surface area (Å²) in [5, 5.41) is 1.97. The molecule has 1 amide bonds. The molecule has 0 aliphatic heterocycles. The van der Waals surface area contributed by atoms with Crippen LogP contribution in [0.2, 0.25) is 0 Å². The number of thiophene rings is 1. The van der Waals surface area contributed by atoms with Gasteiger partial charge in [0.25, 0.3) is 15.9 Å². The van der Waals surface area contributed by atoms with Crippen LogP contribution in [-0.4, -0.2) is 36.2 Å². The van der Waals surface area contributed by atoms with E-state index in [1.807, 2.05) is 18.4 Å². The van der Waals surface area contributed by atoms with Crippen molar-refractivity contribution in [2.24, 2.45) is 0 Å². The Hall–Kier alpha value is -3.37. The number of hydrogen-bond acceptors (Lipinski definition) is 5. The third kappa shape index (κ3) is 4.25. The Bertz CT molecular complexity index is 1430. The van der Waals surface area contributed by atoms with E-state index in [4.69, 9.17) is 0 Å². The summed E-state index contributed by atoms with van der Waals surface area (Å²) in [5.41, 5.74) is 2.01. The molecule has 0 bridgehead atoms. The molecule has 4 rings (SSSR count). The van der Waals surface area contributed by atoms with Crippen LogP contribution in [0.25, 0.3) is 11.0 Å². The molecule has 0 saturated heterocycles. The fourth-order valence-electron chi connectivity index (χ4n) is 3.20. The molecule has 160 valence electrons. The predicted octanol–water partition coefficient (Wildman–Crippen LogP) is 3.30. The van der Waals surface area contributed by atoms with Crippen molar-refractivity contribution < 1.29 is 13.2 Å². The minimum absolute atomic E-state index is 0.0277. The fraction of sp³-hybridized carbons (Fsp3) is 0.143. The van der Waals surface area contributed by atoms with Crippen molar-refractivity contribution in [2.75, 3.05) is 11.8 Å². The first-order valence-electron chi connectivity index (χ1n) is 9.37. The molecule has 2 aromatic heterocycles. The highest BCUT2D eigenvalue weighted by Crippen LogP contribution is 2.24. The number of nitrogens with zero attached hydrogens (tertiary/aromatic N) is 1. The first-order valence-corrected chi connectivity index (χ1v) is 11.7. The Morgan fingerprint density at radius 1 is 1.10 bits per heavy atom. The molecule has 3 N–H and O–H groups in total. The maximum atomic E-state index is 13.1. The quantitative estimate of drug-likeness (QED) is 0.413. The molecule has 0 radical (unpaired) electrons. The molecule has 0 aliphatic carbocycles. The minimum Gasteiger partial charge on any atom is -0.336 e. The van der Waals surface area contributed by atoms with Crippen molar-refractivity contribution >= 4 is 44.0 Å². The molecule has 4 aromatic rings. The highest BCUT2D eigenvalue weighted by atomic mass is 32.2. The number of amides is 1. The van der Waals surface area contributed by atoms with Crippen molar-refractivity contribution in [3.63, 3.8) is 0 Å². The van der Waals surface area contributed by atoms with Crippen LogP contribution in [0.1, 0.15) is 20.8 Å². The number of anilines is 1. The van der Waals surface area contributed by atoms with Crippen molar-refractivity contribution in [1.82, 2.24) is 14.9 Å². The van der Waals surface area contributed by atoms with E-state index in [0.717, 1.165) is 10.4 Å². The zero-order valence-electron chi connectivity index (χ0n) is 16.8. The number of aromatic amines is 2. The molecule has 0 atom stereocenters. The van der Waals surface area contributed by atoms with Crippen LogP contribution in [0.3, 0.4) is 0 Å². The van der Waals surface area contributed by atoms with Crippen LogP contribution in [0.4, 0.5) is 5.69 Å². The van der Waals surface area contributed by atoms with E-state index in [-0.39, 0.29) is 22.1 Å². The zero-order chi connectivity index (χ0) is 22.2. The number of sulfonamides is 1. The number of benzene rings is 2. The van der Waals surface area contributed by atoms with Gasteiger partial charge in [0.1, 0.15) is 0 Å². The summed E-state index contributed by atoms with van der Waals surface area (Å²) >= 11 is 1.57. The van der Waals surface area contributed by atoms with Crippen LogP contribution in [-0.2, 0) is 16.6 Å². The van der Waals surface area contributed by atoms with Crippen LogP contribution in [0.5, 0.6) is 0 Å². The smallest absolute Gasteiger partial charge is 0.323 e. The van der Waals surface area contributed by atoms with Gasteiger partial charge in [0.05, 0.1) is 33.7 Å². The number of imidazole rings is 1. The van der Waals surface area contributed by atoms with Gasteiger partial charge in [0.15, 0.2) is 0 Å². The van der Waals surface area contributed by atoms with Gasteiger partial charge in [-0.15, -0.1) is 11.3 Å². The van der Waals surface area contributed by atoms with Gasteiger partial charge in [-0.1, -0.05) is 12.1 Å². The summed E-state index contributed by atoms with van der Waals surface area (Å²) in [6.07, 6.45) is 0. The van der Waals surface area contributed by atoms with E-state index in [2.05, 4.69) is 14.7 Å². The first-order chi connectivity index (χ1) is 14.7. The van der Waals surface area contributed by atoms with Crippen molar-refractivity contribution in [3.05, 3.63) is 80.4 Å². The van der Waals surface area contributed by atoms with E-state index in [1.165, 1.54) is 18.2 Å². The summed E-state index contributed by atoms with van der Waals surface area (Å²) in [4.78, 5) is 32.2. The van der Waals surface area contributed by atoms with Gasteiger partial charge in [-0.3, -0.25) is 9.52 Å². The van der Waals surface area contributed by atoms with Crippen LogP contribution in [0, 0.1) is 6.92 Å². The zero-order valence-corrected chi connectivity index (χ0v) is 18.4. The number of carbonyl (C=O) groups excluding carboxylic acids is 1. The number of aryl methyl sites for hydroxylation is 1. The number of fused-ring (bicyclic) bond motifs is 1. The highest BCUT2D eigenvalue weighted by Gasteiger charge is 2.21. The second kappa shape index (κ2) is 8.05. The van der Waals surface area contributed by atoms with Crippen molar-refractivity contribution in [2.45, 2.75) is 18.4 Å². The maximum Gasteiger partial charge on any atom is 0.323 e. The van der Waals surface area contributed by atoms with Gasteiger partial charge in [0, 0.05) is 11.9 Å². The normalized spacial score (nSPS) is 11.5. The van der Waals surface area contributed by atoms with E-state index in [1.54, 1.807) is 47.5 Å². The third-order valence-electron chi connectivity index (χ3n) is 4.90. The summed E-state index contributed by atoms with van der Waals surface area (Å²) in [7, 11) is -2.31. The molecular weight excluding hydrogens is 436 g/mol. The molecular formula is C21H20N4O4S2. The topological polar surface area (TPSA) is 115 Å².